The molecule has 2 aromatic heterocycles. The zero-order valence-electron chi connectivity index (χ0n) is 14.1. The Bertz CT molecular complexity index is 939. The van der Waals surface area contributed by atoms with Crippen molar-refractivity contribution in [3.05, 3.63) is 36.2 Å². The lowest BCUT2D eigenvalue weighted by molar-refractivity contribution is 0.0996. The summed E-state index contributed by atoms with van der Waals surface area (Å²) in [6.45, 7) is 2.03. The summed E-state index contributed by atoms with van der Waals surface area (Å²) >= 11 is 1.56. The molecule has 7 nitrogen and oxygen atoms in total. The molecule has 130 valence electrons. The largest absolute Gasteiger partial charge is 0.493 e. The molecular formula is C17H18N4O3S. The Morgan fingerprint density at radius 2 is 1.96 bits per heavy atom. The van der Waals surface area contributed by atoms with Gasteiger partial charge in [-0.05, 0) is 24.0 Å². The van der Waals surface area contributed by atoms with E-state index in [9.17, 15) is 4.79 Å². The third-order valence-electron chi connectivity index (χ3n) is 3.63. The normalized spacial score (nSPS) is 10.8. The Kier molecular flexibility index (Phi) is 4.80. The van der Waals surface area contributed by atoms with Gasteiger partial charge in [0.05, 0.1) is 19.9 Å². The maximum absolute atomic E-state index is 11.4. The number of primary amides is 1. The number of fused-ring (bicyclic) bond motifs is 1. The number of benzene rings is 1. The summed E-state index contributed by atoms with van der Waals surface area (Å²) in [6.07, 6.45) is 1.61. The van der Waals surface area contributed by atoms with Crippen molar-refractivity contribution in [2.24, 2.45) is 5.73 Å². The van der Waals surface area contributed by atoms with Gasteiger partial charge in [0.25, 0.3) is 5.91 Å². The molecule has 0 saturated heterocycles. The number of nitrogens with zero attached hydrogens (tertiary/aromatic N) is 3. The van der Waals surface area contributed by atoms with E-state index >= 15 is 0 Å². The molecule has 2 N–H and O–H groups in total. The Balaban J connectivity index is 2.17. The molecule has 0 aliphatic rings. The standard InChI is InChI=1S/C17H18N4O3S/c1-4-25-17-20-11(8-15-19-12(16(18)22)9-21(15)17)10-5-6-13(23-2)14(7-10)24-3/h5-9H,4H2,1-3H3,(H2,18,22). The summed E-state index contributed by atoms with van der Waals surface area (Å²) in [5, 5.41) is 0.741. The number of amides is 1. The zero-order chi connectivity index (χ0) is 18.0. The Morgan fingerprint density at radius 3 is 2.60 bits per heavy atom. The minimum Gasteiger partial charge on any atom is -0.493 e. The van der Waals surface area contributed by atoms with Gasteiger partial charge >= 0.3 is 0 Å². The molecular weight excluding hydrogens is 340 g/mol. The van der Waals surface area contributed by atoms with Crippen LogP contribution >= 0.6 is 11.8 Å². The van der Waals surface area contributed by atoms with E-state index in [2.05, 4.69) is 4.98 Å². The molecule has 0 radical (unpaired) electrons. The Morgan fingerprint density at radius 1 is 1.20 bits per heavy atom. The van der Waals surface area contributed by atoms with Crippen molar-refractivity contribution in [2.75, 3.05) is 20.0 Å². The van der Waals surface area contributed by atoms with Crippen molar-refractivity contribution in [3.63, 3.8) is 0 Å². The molecule has 2 heterocycles. The molecule has 0 unspecified atom stereocenters. The van der Waals surface area contributed by atoms with Crippen molar-refractivity contribution in [2.45, 2.75) is 12.1 Å². The zero-order valence-corrected chi connectivity index (χ0v) is 15.0. The predicted molar refractivity (Wildman–Crippen MR) is 96.4 cm³/mol. The minimum absolute atomic E-state index is 0.212. The lowest BCUT2D eigenvalue weighted by atomic mass is 10.1. The first-order valence-corrected chi connectivity index (χ1v) is 8.61. The van der Waals surface area contributed by atoms with Crippen LogP contribution in [0.15, 0.2) is 35.6 Å². The maximum Gasteiger partial charge on any atom is 0.268 e. The molecule has 0 aliphatic heterocycles. The van der Waals surface area contributed by atoms with E-state index < -0.39 is 5.91 Å². The predicted octanol–water partition coefficient (Wildman–Crippen LogP) is 2.62. The van der Waals surface area contributed by atoms with E-state index in [0.717, 1.165) is 22.2 Å². The monoisotopic (exact) mass is 358 g/mol. The van der Waals surface area contributed by atoms with Crippen LogP contribution < -0.4 is 15.2 Å². The second-order valence-corrected chi connectivity index (χ2v) is 6.38. The van der Waals surface area contributed by atoms with Crippen LogP contribution in [0.25, 0.3) is 16.9 Å². The van der Waals surface area contributed by atoms with E-state index in [0.29, 0.717) is 17.1 Å². The highest BCUT2D eigenvalue weighted by molar-refractivity contribution is 7.99. The van der Waals surface area contributed by atoms with Gasteiger partial charge in [0.15, 0.2) is 16.7 Å². The average Bonchev–Trinajstić information content (AvgIpc) is 3.06. The topological polar surface area (TPSA) is 91.7 Å². The molecule has 1 amide bonds. The van der Waals surface area contributed by atoms with E-state index in [1.54, 1.807) is 36.6 Å². The summed E-state index contributed by atoms with van der Waals surface area (Å²) in [7, 11) is 3.18. The fourth-order valence-electron chi connectivity index (χ4n) is 2.45. The molecule has 0 fully saturated rings. The van der Waals surface area contributed by atoms with Crippen molar-refractivity contribution >= 4 is 23.3 Å². The van der Waals surface area contributed by atoms with Gasteiger partial charge in [0.2, 0.25) is 0 Å². The summed E-state index contributed by atoms with van der Waals surface area (Å²) < 4.78 is 12.4. The summed E-state index contributed by atoms with van der Waals surface area (Å²) in [4.78, 5) is 20.4. The number of hydrogen-bond donors (Lipinski definition) is 1. The van der Waals surface area contributed by atoms with E-state index in [1.807, 2.05) is 31.2 Å². The van der Waals surface area contributed by atoms with Crippen LogP contribution in [0.1, 0.15) is 17.4 Å². The number of ether oxygens (including phenoxy) is 2. The minimum atomic E-state index is -0.566. The van der Waals surface area contributed by atoms with Gasteiger partial charge in [-0.25, -0.2) is 9.97 Å². The Labute approximate surface area is 149 Å². The molecule has 0 spiro atoms. The van der Waals surface area contributed by atoms with Crippen LogP contribution in [0.5, 0.6) is 11.5 Å². The van der Waals surface area contributed by atoms with Crippen molar-refractivity contribution < 1.29 is 14.3 Å². The first kappa shape index (κ1) is 17.1. The average molecular weight is 358 g/mol. The number of carbonyl (C=O) groups excluding carboxylic acids is 1. The van der Waals surface area contributed by atoms with Crippen LogP contribution in [0, 0.1) is 0 Å². The molecule has 0 saturated carbocycles. The summed E-state index contributed by atoms with van der Waals surface area (Å²) in [6, 6.07) is 7.40. The maximum atomic E-state index is 11.4. The van der Waals surface area contributed by atoms with Gasteiger partial charge in [-0.15, -0.1) is 0 Å². The van der Waals surface area contributed by atoms with Gasteiger partial charge in [0.1, 0.15) is 11.3 Å². The highest BCUT2D eigenvalue weighted by Crippen LogP contribution is 2.33. The molecule has 3 rings (SSSR count). The summed E-state index contributed by atoms with van der Waals surface area (Å²) in [5.74, 6) is 1.53. The highest BCUT2D eigenvalue weighted by Gasteiger charge is 2.14. The quantitative estimate of drug-likeness (QED) is 0.538. The lowest BCUT2D eigenvalue weighted by Crippen LogP contribution is -2.10. The number of nitrogens with two attached hydrogens (primary N) is 1. The van der Waals surface area contributed by atoms with Crippen molar-refractivity contribution in [1.82, 2.24) is 14.4 Å². The third kappa shape index (κ3) is 3.25. The molecule has 0 aliphatic carbocycles. The van der Waals surface area contributed by atoms with E-state index in [4.69, 9.17) is 20.2 Å². The van der Waals surface area contributed by atoms with Gasteiger partial charge in [-0.2, -0.15) is 0 Å². The fraction of sp³-hybridized carbons (Fsp3) is 0.235. The van der Waals surface area contributed by atoms with Crippen molar-refractivity contribution in [1.29, 1.82) is 0 Å². The van der Waals surface area contributed by atoms with Gasteiger partial charge in [-0.3, -0.25) is 9.20 Å². The summed E-state index contributed by atoms with van der Waals surface area (Å²) in [5.41, 5.74) is 7.77. The smallest absolute Gasteiger partial charge is 0.268 e. The van der Waals surface area contributed by atoms with Crippen LogP contribution in [0.4, 0.5) is 0 Å². The van der Waals surface area contributed by atoms with Crippen molar-refractivity contribution in [3.8, 4) is 22.8 Å². The first-order valence-electron chi connectivity index (χ1n) is 7.62. The number of methoxy groups -OCH3 is 2. The van der Waals surface area contributed by atoms with Gasteiger partial charge in [-0.1, -0.05) is 18.7 Å². The van der Waals surface area contributed by atoms with Crippen LogP contribution in [0.2, 0.25) is 0 Å². The second kappa shape index (κ2) is 7.02. The first-order chi connectivity index (χ1) is 12.1. The molecule has 3 aromatic rings. The second-order valence-electron chi connectivity index (χ2n) is 5.15. The molecule has 0 bridgehead atoms. The van der Waals surface area contributed by atoms with E-state index in [1.165, 1.54) is 0 Å². The SMILES string of the molecule is CCSc1nc(-c2ccc(OC)c(OC)c2)cc2nc(C(N)=O)cn12. The highest BCUT2D eigenvalue weighted by atomic mass is 32.2. The molecule has 0 atom stereocenters. The molecule has 25 heavy (non-hydrogen) atoms. The van der Waals surface area contributed by atoms with Gasteiger partial charge in [0, 0.05) is 17.8 Å². The molecule has 8 heteroatoms. The van der Waals surface area contributed by atoms with Crippen LogP contribution in [0.3, 0.4) is 0 Å². The number of hydrogen-bond acceptors (Lipinski definition) is 6. The lowest BCUT2D eigenvalue weighted by Gasteiger charge is -2.11. The Hall–Kier alpha value is -2.74. The number of rotatable bonds is 6. The van der Waals surface area contributed by atoms with Crippen LogP contribution in [-0.2, 0) is 0 Å². The van der Waals surface area contributed by atoms with E-state index in [-0.39, 0.29) is 5.69 Å². The fourth-order valence-corrected chi connectivity index (χ4v) is 3.16. The van der Waals surface area contributed by atoms with Gasteiger partial charge < -0.3 is 15.2 Å². The molecule has 1 aromatic carbocycles. The number of thioether (sulfide) groups is 1. The number of aromatic nitrogens is 3. The number of carbonyl (C=O) groups is 1. The van der Waals surface area contributed by atoms with Crippen LogP contribution in [-0.4, -0.2) is 40.2 Å². The third-order valence-corrected chi connectivity index (χ3v) is 4.46. The number of imidazole rings is 1.